The fourth-order valence-corrected chi connectivity index (χ4v) is 2.93. The molecule has 0 fully saturated rings. The number of unbranched alkanes of at least 4 members (excludes halogenated alkanes) is 1. The molecule has 154 valence electrons. The maximum Gasteiger partial charge on any atom is 0.161 e. The lowest BCUT2D eigenvalue weighted by Crippen LogP contribution is -2.16. The third kappa shape index (κ3) is 7.88. The highest BCUT2D eigenvalue weighted by atomic mass is 35.5. The molecule has 0 aliphatic heterocycles. The van der Waals surface area contributed by atoms with Crippen molar-refractivity contribution in [1.29, 1.82) is 0 Å². The normalized spacial score (nSPS) is 10.9. The van der Waals surface area contributed by atoms with Crippen LogP contribution in [0.5, 0.6) is 11.5 Å². The first-order valence-electron chi connectivity index (χ1n) is 9.66. The molecule has 0 bridgehead atoms. The Balaban J connectivity index is 1.78. The molecule has 0 radical (unpaired) electrons. The van der Waals surface area contributed by atoms with Crippen LogP contribution in [0.2, 0.25) is 10.0 Å². The molecule has 0 unspecified atom stereocenters. The monoisotopic (exact) mass is 425 g/mol. The van der Waals surface area contributed by atoms with Crippen LogP contribution in [0, 0.1) is 0 Å². The van der Waals surface area contributed by atoms with Crippen molar-refractivity contribution in [1.82, 2.24) is 5.32 Å². The van der Waals surface area contributed by atoms with Gasteiger partial charge in [-0.05, 0) is 54.8 Å². The zero-order valence-electron chi connectivity index (χ0n) is 16.6. The molecule has 4 nitrogen and oxygen atoms in total. The van der Waals surface area contributed by atoms with Gasteiger partial charge >= 0.3 is 0 Å². The van der Waals surface area contributed by atoms with E-state index < -0.39 is 0 Å². The minimum absolute atomic E-state index is 0.392. The molecule has 1 N–H and O–H groups in total. The van der Waals surface area contributed by atoms with Crippen molar-refractivity contribution in [3.8, 4) is 11.5 Å². The quantitative estimate of drug-likeness (QED) is 0.406. The van der Waals surface area contributed by atoms with Crippen LogP contribution < -0.4 is 14.8 Å². The standard InChI is InChI=1S/C22H29Cl2NO3/c1-3-4-11-27-12-5-10-25-15-17-7-9-21(22(14-17)26-2)28-16-18-6-8-19(23)20(24)13-18/h6-9,13-14,25H,3-5,10-12,15-16H2,1-2H3. The molecule has 0 spiro atoms. The van der Waals surface area contributed by atoms with Crippen LogP contribution in [-0.2, 0) is 17.9 Å². The third-order valence-corrected chi connectivity index (χ3v) is 4.96. The predicted molar refractivity (Wildman–Crippen MR) is 116 cm³/mol. The maximum atomic E-state index is 6.05. The van der Waals surface area contributed by atoms with E-state index in [1.807, 2.05) is 24.3 Å². The number of nitrogens with one attached hydrogen (secondary N) is 1. The van der Waals surface area contributed by atoms with Crippen LogP contribution in [0.4, 0.5) is 0 Å². The Hall–Kier alpha value is -1.46. The highest BCUT2D eigenvalue weighted by molar-refractivity contribution is 6.42. The Morgan fingerprint density at radius 2 is 1.68 bits per heavy atom. The number of benzene rings is 2. The SMILES string of the molecule is CCCCOCCCNCc1ccc(OCc2ccc(Cl)c(Cl)c2)c(OC)c1. The molecule has 0 aliphatic rings. The first-order chi connectivity index (χ1) is 13.6. The Bertz CT molecular complexity index is 725. The van der Waals surface area contributed by atoms with Crippen molar-refractivity contribution >= 4 is 23.2 Å². The second kappa shape index (κ2) is 12.9. The summed E-state index contributed by atoms with van der Waals surface area (Å²) < 4.78 is 16.9. The van der Waals surface area contributed by atoms with Gasteiger partial charge in [-0.25, -0.2) is 0 Å². The van der Waals surface area contributed by atoms with E-state index >= 15 is 0 Å². The third-order valence-electron chi connectivity index (χ3n) is 4.22. The molecule has 28 heavy (non-hydrogen) atoms. The Morgan fingerprint density at radius 3 is 2.43 bits per heavy atom. The zero-order chi connectivity index (χ0) is 20.2. The molecule has 0 heterocycles. The Morgan fingerprint density at radius 1 is 0.893 bits per heavy atom. The minimum Gasteiger partial charge on any atom is -0.493 e. The summed E-state index contributed by atoms with van der Waals surface area (Å²) in [7, 11) is 1.65. The van der Waals surface area contributed by atoms with Crippen LogP contribution in [0.25, 0.3) is 0 Å². The van der Waals surface area contributed by atoms with Gasteiger partial charge in [0.25, 0.3) is 0 Å². The number of hydrogen-bond acceptors (Lipinski definition) is 4. The summed E-state index contributed by atoms with van der Waals surface area (Å²) in [5, 5.41) is 4.48. The summed E-state index contributed by atoms with van der Waals surface area (Å²) in [5.74, 6) is 1.41. The van der Waals surface area contributed by atoms with E-state index in [1.54, 1.807) is 19.2 Å². The molecule has 0 aromatic heterocycles. The van der Waals surface area contributed by atoms with Crippen LogP contribution in [-0.4, -0.2) is 26.9 Å². The Kier molecular flexibility index (Phi) is 10.5. The fourth-order valence-electron chi connectivity index (χ4n) is 2.61. The van der Waals surface area contributed by atoms with Gasteiger partial charge in [0, 0.05) is 19.8 Å². The molecular weight excluding hydrogens is 397 g/mol. The average Bonchev–Trinajstić information content (AvgIpc) is 2.71. The number of rotatable bonds is 13. The Labute approximate surface area is 178 Å². The van der Waals surface area contributed by atoms with E-state index in [4.69, 9.17) is 37.4 Å². The summed E-state index contributed by atoms with van der Waals surface area (Å²) >= 11 is 12.0. The molecule has 0 saturated carbocycles. The number of halogens is 2. The van der Waals surface area contributed by atoms with Crippen molar-refractivity contribution in [2.45, 2.75) is 39.3 Å². The highest BCUT2D eigenvalue weighted by Gasteiger charge is 2.07. The van der Waals surface area contributed by atoms with Gasteiger partial charge < -0.3 is 19.5 Å². The summed E-state index contributed by atoms with van der Waals surface area (Å²) in [6.07, 6.45) is 3.31. The molecule has 0 aliphatic carbocycles. The molecule has 2 aromatic rings. The second-order valence-electron chi connectivity index (χ2n) is 6.52. The van der Waals surface area contributed by atoms with E-state index in [1.165, 1.54) is 6.42 Å². The van der Waals surface area contributed by atoms with Gasteiger partial charge in [0.05, 0.1) is 17.2 Å². The van der Waals surface area contributed by atoms with Gasteiger partial charge in [-0.3, -0.25) is 0 Å². The van der Waals surface area contributed by atoms with E-state index in [9.17, 15) is 0 Å². The van der Waals surface area contributed by atoms with Gasteiger partial charge in [0.1, 0.15) is 6.61 Å². The maximum absolute atomic E-state index is 6.05. The van der Waals surface area contributed by atoms with Crippen molar-refractivity contribution in [2.75, 3.05) is 26.9 Å². The van der Waals surface area contributed by atoms with E-state index in [0.29, 0.717) is 28.2 Å². The second-order valence-corrected chi connectivity index (χ2v) is 7.33. The molecule has 0 atom stereocenters. The molecule has 2 rings (SSSR count). The van der Waals surface area contributed by atoms with Crippen molar-refractivity contribution in [3.63, 3.8) is 0 Å². The van der Waals surface area contributed by atoms with Crippen molar-refractivity contribution < 1.29 is 14.2 Å². The van der Waals surface area contributed by atoms with Gasteiger partial charge in [-0.15, -0.1) is 0 Å². The number of ether oxygens (including phenoxy) is 3. The van der Waals surface area contributed by atoms with Crippen molar-refractivity contribution in [2.24, 2.45) is 0 Å². The molecule has 2 aromatic carbocycles. The molecule has 0 amide bonds. The van der Waals surface area contributed by atoms with Gasteiger partial charge in [0.15, 0.2) is 11.5 Å². The van der Waals surface area contributed by atoms with Crippen LogP contribution in [0.15, 0.2) is 36.4 Å². The summed E-state index contributed by atoms with van der Waals surface area (Å²) in [4.78, 5) is 0. The first-order valence-corrected chi connectivity index (χ1v) is 10.4. The van der Waals surface area contributed by atoms with Gasteiger partial charge in [0.2, 0.25) is 0 Å². The average molecular weight is 426 g/mol. The highest BCUT2D eigenvalue weighted by Crippen LogP contribution is 2.29. The first kappa shape index (κ1) is 22.8. The number of methoxy groups -OCH3 is 1. The van der Waals surface area contributed by atoms with Crippen LogP contribution in [0.3, 0.4) is 0 Å². The van der Waals surface area contributed by atoms with Crippen LogP contribution >= 0.6 is 23.2 Å². The largest absolute Gasteiger partial charge is 0.493 e. The summed E-state index contributed by atoms with van der Waals surface area (Å²) in [6.45, 7) is 5.92. The van der Waals surface area contributed by atoms with Gasteiger partial charge in [-0.1, -0.05) is 48.7 Å². The van der Waals surface area contributed by atoms with Crippen molar-refractivity contribution in [3.05, 3.63) is 57.6 Å². The predicted octanol–water partition coefficient (Wildman–Crippen LogP) is 5.88. The lowest BCUT2D eigenvalue weighted by atomic mass is 10.2. The van der Waals surface area contributed by atoms with Crippen LogP contribution in [0.1, 0.15) is 37.3 Å². The lowest BCUT2D eigenvalue weighted by Gasteiger charge is -2.13. The van der Waals surface area contributed by atoms with Gasteiger partial charge in [-0.2, -0.15) is 0 Å². The minimum atomic E-state index is 0.392. The zero-order valence-corrected chi connectivity index (χ0v) is 18.1. The summed E-state index contributed by atoms with van der Waals surface area (Å²) in [6, 6.07) is 11.4. The molecule has 6 heteroatoms. The molecular formula is C22H29Cl2NO3. The molecule has 0 saturated heterocycles. The topological polar surface area (TPSA) is 39.7 Å². The summed E-state index contributed by atoms with van der Waals surface area (Å²) in [5.41, 5.74) is 2.09. The van der Waals surface area contributed by atoms with E-state index in [0.717, 1.165) is 50.3 Å². The van der Waals surface area contributed by atoms with E-state index in [-0.39, 0.29) is 0 Å². The lowest BCUT2D eigenvalue weighted by molar-refractivity contribution is 0.129. The fraction of sp³-hybridized carbons (Fsp3) is 0.455. The van der Waals surface area contributed by atoms with E-state index in [2.05, 4.69) is 12.2 Å². The smallest absolute Gasteiger partial charge is 0.161 e. The number of hydrogen-bond donors (Lipinski definition) is 1.